The van der Waals surface area contributed by atoms with E-state index in [0.29, 0.717) is 12.3 Å². The first kappa shape index (κ1) is 13.4. The number of hydrogen-bond acceptors (Lipinski definition) is 2. The summed E-state index contributed by atoms with van der Waals surface area (Å²) in [6, 6.07) is 12.7. The monoisotopic (exact) mass is 270 g/mol. The van der Waals surface area contributed by atoms with Crippen molar-refractivity contribution in [2.45, 2.75) is 43.6 Å². The lowest BCUT2D eigenvalue weighted by atomic mass is 9.74. The number of rotatable bonds is 3. The first-order chi connectivity index (χ1) is 9.65. The maximum atomic E-state index is 10.7. The molecule has 0 bridgehead atoms. The molecule has 1 aliphatic carbocycles. The Hall–Kier alpha value is -1.61. The highest BCUT2D eigenvalue weighted by atomic mass is 16.3. The molecule has 1 aromatic carbocycles. The van der Waals surface area contributed by atoms with Gasteiger partial charge in [-0.3, -0.25) is 4.68 Å². The quantitative estimate of drug-likeness (QED) is 0.931. The summed E-state index contributed by atoms with van der Waals surface area (Å²) in [5, 5.41) is 15.1. The van der Waals surface area contributed by atoms with E-state index in [1.807, 2.05) is 19.3 Å². The minimum Gasteiger partial charge on any atom is -0.389 e. The molecule has 1 aliphatic rings. The number of hydrogen-bond donors (Lipinski definition) is 1. The lowest BCUT2D eigenvalue weighted by Gasteiger charge is -2.36. The van der Waals surface area contributed by atoms with Gasteiger partial charge in [-0.25, -0.2) is 0 Å². The van der Waals surface area contributed by atoms with Gasteiger partial charge < -0.3 is 5.11 Å². The summed E-state index contributed by atoms with van der Waals surface area (Å²) >= 11 is 0. The van der Waals surface area contributed by atoms with E-state index in [1.165, 1.54) is 5.56 Å². The molecule has 1 aromatic heterocycles. The van der Waals surface area contributed by atoms with Crippen LogP contribution < -0.4 is 0 Å². The number of aryl methyl sites for hydroxylation is 1. The van der Waals surface area contributed by atoms with Crippen molar-refractivity contribution in [3.8, 4) is 0 Å². The van der Waals surface area contributed by atoms with E-state index in [2.05, 4.69) is 35.4 Å². The molecule has 0 aliphatic heterocycles. The molecular weight excluding hydrogens is 248 g/mol. The third kappa shape index (κ3) is 2.93. The Morgan fingerprint density at radius 2 is 1.90 bits per heavy atom. The van der Waals surface area contributed by atoms with Gasteiger partial charge in [0.15, 0.2) is 0 Å². The Morgan fingerprint density at radius 1 is 1.20 bits per heavy atom. The van der Waals surface area contributed by atoms with Crippen LogP contribution in [0.15, 0.2) is 42.6 Å². The van der Waals surface area contributed by atoms with Crippen LogP contribution in [0.3, 0.4) is 0 Å². The predicted octanol–water partition coefficient (Wildman–Crippen LogP) is 3.05. The van der Waals surface area contributed by atoms with E-state index in [0.717, 1.165) is 31.4 Å². The molecule has 0 spiro atoms. The Balaban J connectivity index is 1.62. The molecule has 0 amide bonds. The van der Waals surface area contributed by atoms with Crippen molar-refractivity contribution in [3.63, 3.8) is 0 Å². The van der Waals surface area contributed by atoms with Gasteiger partial charge in [-0.05, 0) is 43.2 Å². The third-order valence-electron chi connectivity index (χ3n) is 4.47. The highest BCUT2D eigenvalue weighted by Crippen LogP contribution is 2.39. The van der Waals surface area contributed by atoms with Gasteiger partial charge in [-0.15, -0.1) is 0 Å². The molecule has 3 rings (SSSR count). The smallest absolute Gasteiger partial charge is 0.0704 e. The molecule has 1 saturated carbocycles. The average molecular weight is 270 g/mol. The van der Waals surface area contributed by atoms with E-state index in [-0.39, 0.29) is 0 Å². The summed E-state index contributed by atoms with van der Waals surface area (Å²) < 4.78 is 1.80. The number of aromatic nitrogens is 2. The Bertz CT molecular complexity index is 553. The van der Waals surface area contributed by atoms with Crippen molar-refractivity contribution >= 4 is 0 Å². The minimum absolute atomic E-state index is 0.570. The zero-order valence-electron chi connectivity index (χ0n) is 12.0. The molecule has 1 fully saturated rings. The van der Waals surface area contributed by atoms with Crippen molar-refractivity contribution in [1.29, 1.82) is 0 Å². The van der Waals surface area contributed by atoms with Crippen LogP contribution in [0, 0.1) is 0 Å². The molecule has 1 N–H and O–H groups in total. The maximum Gasteiger partial charge on any atom is 0.0704 e. The molecule has 0 saturated heterocycles. The highest BCUT2D eigenvalue weighted by molar-refractivity contribution is 5.20. The van der Waals surface area contributed by atoms with Gasteiger partial charge in [0.1, 0.15) is 0 Å². The van der Waals surface area contributed by atoms with E-state index in [1.54, 1.807) is 4.68 Å². The average Bonchev–Trinajstić information content (AvgIpc) is 2.85. The molecule has 3 heteroatoms. The fraction of sp³-hybridized carbons (Fsp3) is 0.471. The number of nitrogens with zero attached hydrogens (tertiary/aromatic N) is 2. The van der Waals surface area contributed by atoms with E-state index < -0.39 is 5.60 Å². The summed E-state index contributed by atoms with van der Waals surface area (Å²) in [6.07, 6.45) is 6.47. The first-order valence-electron chi connectivity index (χ1n) is 7.40. The van der Waals surface area contributed by atoms with Crippen LogP contribution >= 0.6 is 0 Å². The van der Waals surface area contributed by atoms with E-state index in [9.17, 15) is 5.11 Å². The summed E-state index contributed by atoms with van der Waals surface area (Å²) in [5.74, 6) is 0.597. The van der Waals surface area contributed by atoms with Crippen LogP contribution in [-0.4, -0.2) is 20.5 Å². The molecule has 0 atom stereocenters. The molecular formula is C17H22N2O. The van der Waals surface area contributed by atoms with Gasteiger partial charge in [-0.1, -0.05) is 30.3 Å². The van der Waals surface area contributed by atoms with Crippen LogP contribution in [0.4, 0.5) is 0 Å². The fourth-order valence-electron chi connectivity index (χ4n) is 3.29. The fourth-order valence-corrected chi connectivity index (χ4v) is 3.29. The lowest BCUT2D eigenvalue weighted by Crippen LogP contribution is -2.36. The molecule has 0 radical (unpaired) electrons. The van der Waals surface area contributed by atoms with Crippen LogP contribution in [0.1, 0.15) is 42.9 Å². The standard InChI is InChI=1S/C17H22N2O/c1-19-12-9-16(18-19)13-17(20)10-7-15(8-11-17)14-5-3-2-4-6-14/h2-6,9,12,15,20H,7-8,10-11,13H2,1H3. The van der Waals surface area contributed by atoms with Crippen LogP contribution in [0.2, 0.25) is 0 Å². The van der Waals surface area contributed by atoms with Crippen LogP contribution in [0.5, 0.6) is 0 Å². The Morgan fingerprint density at radius 3 is 2.50 bits per heavy atom. The number of benzene rings is 1. The van der Waals surface area contributed by atoms with Gasteiger partial charge in [0, 0.05) is 19.7 Å². The lowest BCUT2D eigenvalue weighted by molar-refractivity contribution is -0.00134. The van der Waals surface area contributed by atoms with E-state index in [4.69, 9.17) is 0 Å². The largest absolute Gasteiger partial charge is 0.389 e. The van der Waals surface area contributed by atoms with Crippen molar-refractivity contribution < 1.29 is 5.11 Å². The van der Waals surface area contributed by atoms with Gasteiger partial charge in [0.2, 0.25) is 0 Å². The van der Waals surface area contributed by atoms with Crippen molar-refractivity contribution in [2.75, 3.05) is 0 Å². The third-order valence-corrected chi connectivity index (χ3v) is 4.47. The number of aliphatic hydroxyl groups is 1. The first-order valence-corrected chi connectivity index (χ1v) is 7.40. The van der Waals surface area contributed by atoms with Crippen molar-refractivity contribution in [1.82, 2.24) is 9.78 Å². The Kier molecular flexibility index (Phi) is 3.62. The highest BCUT2D eigenvalue weighted by Gasteiger charge is 2.34. The van der Waals surface area contributed by atoms with Crippen LogP contribution in [0.25, 0.3) is 0 Å². The zero-order chi connectivity index (χ0) is 14.0. The molecule has 0 unspecified atom stereocenters. The summed E-state index contributed by atoms with van der Waals surface area (Å²) in [4.78, 5) is 0. The normalized spacial score (nSPS) is 26.6. The van der Waals surface area contributed by atoms with Gasteiger partial charge in [0.05, 0.1) is 11.3 Å². The summed E-state index contributed by atoms with van der Waals surface area (Å²) in [6.45, 7) is 0. The summed E-state index contributed by atoms with van der Waals surface area (Å²) in [7, 11) is 1.92. The van der Waals surface area contributed by atoms with Gasteiger partial charge in [-0.2, -0.15) is 5.10 Å². The maximum absolute atomic E-state index is 10.7. The molecule has 106 valence electrons. The molecule has 20 heavy (non-hydrogen) atoms. The summed E-state index contributed by atoms with van der Waals surface area (Å²) in [5.41, 5.74) is 1.83. The second-order valence-corrected chi connectivity index (χ2v) is 6.07. The predicted molar refractivity (Wildman–Crippen MR) is 79.5 cm³/mol. The second kappa shape index (κ2) is 5.41. The van der Waals surface area contributed by atoms with Crippen molar-refractivity contribution in [3.05, 3.63) is 53.9 Å². The SMILES string of the molecule is Cn1ccc(CC2(O)CCC(c3ccccc3)CC2)n1. The Labute approximate surface area is 120 Å². The van der Waals surface area contributed by atoms with Gasteiger partial charge in [0.25, 0.3) is 0 Å². The van der Waals surface area contributed by atoms with Gasteiger partial charge >= 0.3 is 0 Å². The zero-order valence-corrected chi connectivity index (χ0v) is 12.0. The minimum atomic E-state index is -0.570. The van der Waals surface area contributed by atoms with Crippen LogP contribution in [-0.2, 0) is 13.5 Å². The second-order valence-electron chi connectivity index (χ2n) is 6.07. The molecule has 2 aromatic rings. The molecule has 3 nitrogen and oxygen atoms in total. The van der Waals surface area contributed by atoms with Crippen molar-refractivity contribution in [2.24, 2.45) is 7.05 Å². The topological polar surface area (TPSA) is 38.0 Å². The van der Waals surface area contributed by atoms with E-state index >= 15 is 0 Å². The molecule has 1 heterocycles.